The molecule has 2 aliphatic rings. The highest BCUT2D eigenvalue weighted by atomic mass is 32.2. The molecule has 1 aromatic carbocycles. The third kappa shape index (κ3) is 4.03. The van der Waals surface area contributed by atoms with E-state index in [2.05, 4.69) is 10.6 Å². The van der Waals surface area contributed by atoms with Crippen LogP contribution >= 0.6 is 0 Å². The molecule has 23 heavy (non-hydrogen) atoms. The molecule has 0 bridgehead atoms. The molecule has 0 aromatic heterocycles. The Kier molecular flexibility index (Phi) is 4.59. The predicted molar refractivity (Wildman–Crippen MR) is 91.2 cm³/mol. The van der Waals surface area contributed by atoms with Gasteiger partial charge in [0.15, 0.2) is 0 Å². The van der Waals surface area contributed by atoms with Crippen LogP contribution in [0.5, 0.6) is 0 Å². The van der Waals surface area contributed by atoms with Crippen LogP contribution in [0.3, 0.4) is 0 Å². The quantitative estimate of drug-likeness (QED) is 0.824. The second kappa shape index (κ2) is 6.49. The Morgan fingerprint density at radius 2 is 2.13 bits per heavy atom. The van der Waals surface area contributed by atoms with Crippen LogP contribution in [0.25, 0.3) is 0 Å². The minimum Gasteiger partial charge on any atom is -0.325 e. The summed E-state index contributed by atoms with van der Waals surface area (Å²) < 4.78 is 25.6. The van der Waals surface area contributed by atoms with Crippen molar-refractivity contribution < 1.29 is 13.2 Å². The van der Waals surface area contributed by atoms with Gasteiger partial charge in [0.1, 0.15) is 0 Å². The Morgan fingerprint density at radius 3 is 2.78 bits per heavy atom. The lowest BCUT2D eigenvalue weighted by Gasteiger charge is -2.20. The maximum absolute atomic E-state index is 12.1. The van der Waals surface area contributed by atoms with E-state index in [1.54, 1.807) is 12.1 Å². The fraction of sp³-hybridized carbons (Fsp3) is 0.562. The second-order valence-electron chi connectivity index (χ2n) is 6.37. The lowest BCUT2D eigenvalue weighted by atomic mass is 10.1. The first kappa shape index (κ1) is 16.3. The summed E-state index contributed by atoms with van der Waals surface area (Å²) in [4.78, 5) is 12.0. The second-order valence-corrected chi connectivity index (χ2v) is 8.38. The van der Waals surface area contributed by atoms with Crippen molar-refractivity contribution in [3.63, 3.8) is 0 Å². The van der Waals surface area contributed by atoms with Gasteiger partial charge in [0.25, 0.3) is 0 Å². The van der Waals surface area contributed by atoms with Gasteiger partial charge in [0.2, 0.25) is 15.9 Å². The van der Waals surface area contributed by atoms with E-state index in [0.29, 0.717) is 24.3 Å². The Labute approximate surface area is 137 Å². The van der Waals surface area contributed by atoms with Gasteiger partial charge in [0, 0.05) is 12.2 Å². The van der Waals surface area contributed by atoms with Gasteiger partial charge < -0.3 is 10.6 Å². The van der Waals surface area contributed by atoms with Crippen molar-refractivity contribution in [2.24, 2.45) is 5.92 Å². The summed E-state index contributed by atoms with van der Waals surface area (Å²) in [6.45, 7) is 3.55. The van der Waals surface area contributed by atoms with E-state index in [9.17, 15) is 13.2 Å². The summed E-state index contributed by atoms with van der Waals surface area (Å²) in [6, 6.07) is 5.40. The van der Waals surface area contributed by atoms with Gasteiger partial charge in [-0.2, -0.15) is 0 Å². The molecule has 1 heterocycles. The molecule has 1 aliphatic heterocycles. The monoisotopic (exact) mass is 337 g/mol. The van der Waals surface area contributed by atoms with E-state index in [-0.39, 0.29) is 18.2 Å². The highest BCUT2D eigenvalue weighted by molar-refractivity contribution is 7.93. The third-order valence-corrected chi connectivity index (χ3v) is 6.13. The van der Waals surface area contributed by atoms with Crippen LogP contribution in [-0.2, 0) is 14.8 Å². The molecular formula is C16H23N3O3S. The average molecular weight is 337 g/mol. The van der Waals surface area contributed by atoms with Crippen LogP contribution in [-0.4, -0.2) is 39.7 Å². The van der Waals surface area contributed by atoms with E-state index in [1.807, 2.05) is 13.0 Å². The Morgan fingerprint density at radius 1 is 1.35 bits per heavy atom. The maximum atomic E-state index is 12.1. The molecule has 1 saturated heterocycles. The number of aryl methyl sites for hydroxylation is 1. The predicted octanol–water partition coefficient (Wildman–Crippen LogP) is 1.47. The van der Waals surface area contributed by atoms with E-state index >= 15 is 0 Å². The smallest absolute Gasteiger partial charge is 0.238 e. The number of hydrogen-bond acceptors (Lipinski definition) is 4. The normalized spacial score (nSPS) is 19.8. The van der Waals surface area contributed by atoms with Crippen molar-refractivity contribution in [3.8, 4) is 0 Å². The Hall–Kier alpha value is -1.60. The summed E-state index contributed by atoms with van der Waals surface area (Å²) in [5.74, 6) is 0.813. The molecule has 126 valence electrons. The molecule has 2 fully saturated rings. The maximum Gasteiger partial charge on any atom is 0.238 e. The van der Waals surface area contributed by atoms with Crippen LogP contribution in [0.2, 0.25) is 0 Å². The summed E-state index contributed by atoms with van der Waals surface area (Å²) in [5.41, 5.74) is 2.18. The molecule has 0 spiro atoms. The summed E-state index contributed by atoms with van der Waals surface area (Å²) in [6.07, 6.45) is 3.14. The fourth-order valence-electron chi connectivity index (χ4n) is 2.78. The van der Waals surface area contributed by atoms with Crippen LogP contribution in [0.1, 0.15) is 24.8 Å². The molecule has 1 saturated carbocycles. The van der Waals surface area contributed by atoms with Gasteiger partial charge in [-0.15, -0.1) is 0 Å². The number of nitrogens with zero attached hydrogens (tertiary/aromatic N) is 1. The molecule has 0 atom stereocenters. The van der Waals surface area contributed by atoms with Crippen molar-refractivity contribution in [2.75, 3.05) is 35.0 Å². The zero-order valence-corrected chi connectivity index (χ0v) is 14.2. The number of nitrogens with one attached hydrogen (secondary N) is 2. The Bertz CT molecular complexity index is 699. The third-order valence-electron chi connectivity index (χ3n) is 4.28. The standard InChI is InChI=1S/C16H23N3O3S/c1-12-3-6-14(18-16(20)11-17-10-13-4-5-13)9-15(12)19-7-2-8-23(19,21)22/h3,6,9,13,17H,2,4-5,7-8,10-11H2,1H3,(H,18,20). The first-order valence-corrected chi connectivity index (χ1v) is 9.68. The number of rotatable bonds is 6. The number of sulfonamides is 1. The highest BCUT2D eigenvalue weighted by Gasteiger charge is 2.29. The number of carbonyl (C=O) groups is 1. The largest absolute Gasteiger partial charge is 0.325 e. The SMILES string of the molecule is Cc1ccc(NC(=O)CNCC2CC2)cc1N1CCCS1(=O)=O. The fourth-order valence-corrected chi connectivity index (χ4v) is 4.40. The summed E-state index contributed by atoms with van der Waals surface area (Å²) in [7, 11) is -3.22. The minimum atomic E-state index is -3.22. The first-order valence-electron chi connectivity index (χ1n) is 8.07. The zero-order chi connectivity index (χ0) is 16.4. The molecule has 7 heteroatoms. The molecule has 0 unspecified atom stereocenters. The van der Waals surface area contributed by atoms with Gasteiger partial charge in [-0.3, -0.25) is 9.10 Å². The number of hydrogen-bond donors (Lipinski definition) is 2. The van der Waals surface area contributed by atoms with Crippen LogP contribution in [0, 0.1) is 12.8 Å². The molecule has 1 aliphatic carbocycles. The molecular weight excluding hydrogens is 314 g/mol. The average Bonchev–Trinajstić information content (AvgIpc) is 3.24. The minimum absolute atomic E-state index is 0.107. The van der Waals surface area contributed by atoms with Crippen molar-refractivity contribution in [1.82, 2.24) is 5.32 Å². The molecule has 1 amide bonds. The Balaban J connectivity index is 1.66. The molecule has 0 radical (unpaired) electrons. The van der Waals surface area contributed by atoms with Gasteiger partial charge in [-0.25, -0.2) is 8.42 Å². The zero-order valence-electron chi connectivity index (χ0n) is 13.3. The van der Waals surface area contributed by atoms with Gasteiger partial charge in [-0.1, -0.05) is 6.07 Å². The van der Waals surface area contributed by atoms with Crippen molar-refractivity contribution in [2.45, 2.75) is 26.2 Å². The molecule has 3 rings (SSSR count). The summed E-state index contributed by atoms with van der Waals surface area (Å²) >= 11 is 0. The summed E-state index contributed by atoms with van der Waals surface area (Å²) in [5, 5.41) is 5.97. The molecule has 1 aromatic rings. The van der Waals surface area contributed by atoms with E-state index in [1.165, 1.54) is 17.1 Å². The lowest BCUT2D eigenvalue weighted by molar-refractivity contribution is -0.115. The van der Waals surface area contributed by atoms with E-state index in [0.717, 1.165) is 18.0 Å². The van der Waals surface area contributed by atoms with Crippen LogP contribution in [0.15, 0.2) is 18.2 Å². The number of carbonyl (C=O) groups excluding carboxylic acids is 1. The van der Waals surface area contributed by atoms with E-state index < -0.39 is 10.0 Å². The first-order chi connectivity index (χ1) is 11.0. The van der Waals surface area contributed by atoms with Gasteiger partial charge in [0.05, 0.1) is 18.0 Å². The van der Waals surface area contributed by atoms with E-state index in [4.69, 9.17) is 0 Å². The van der Waals surface area contributed by atoms with Crippen molar-refractivity contribution in [1.29, 1.82) is 0 Å². The lowest BCUT2D eigenvalue weighted by Crippen LogP contribution is -2.29. The molecule has 6 nitrogen and oxygen atoms in total. The number of anilines is 2. The van der Waals surface area contributed by atoms with Crippen molar-refractivity contribution >= 4 is 27.3 Å². The van der Waals surface area contributed by atoms with Crippen LogP contribution < -0.4 is 14.9 Å². The van der Waals surface area contributed by atoms with Crippen molar-refractivity contribution in [3.05, 3.63) is 23.8 Å². The number of amides is 1. The number of benzene rings is 1. The topological polar surface area (TPSA) is 78.5 Å². The van der Waals surface area contributed by atoms with Gasteiger partial charge in [-0.05, 0) is 56.3 Å². The molecule has 2 N–H and O–H groups in total. The van der Waals surface area contributed by atoms with Gasteiger partial charge >= 0.3 is 0 Å². The highest BCUT2D eigenvalue weighted by Crippen LogP contribution is 2.30. The van der Waals surface area contributed by atoms with Crippen LogP contribution in [0.4, 0.5) is 11.4 Å².